The van der Waals surface area contributed by atoms with E-state index < -0.39 is 11.8 Å². The number of benzene rings is 1. The van der Waals surface area contributed by atoms with Gasteiger partial charge in [-0.3, -0.25) is 25.4 Å². The highest BCUT2D eigenvalue weighted by Gasteiger charge is 2.11. The fraction of sp³-hybridized carbons (Fsp3) is 0.0556. The van der Waals surface area contributed by atoms with Gasteiger partial charge in [-0.05, 0) is 34.1 Å². The Kier molecular flexibility index (Phi) is 4.95. The summed E-state index contributed by atoms with van der Waals surface area (Å²) >= 11 is 3.30. The largest absolute Gasteiger partial charge is 0.345 e. The molecule has 2 amide bonds. The van der Waals surface area contributed by atoms with Gasteiger partial charge in [-0.25, -0.2) is 0 Å². The van der Waals surface area contributed by atoms with E-state index >= 15 is 0 Å². The standard InChI is InChI=1S/C18H15BrN4O2/c1-23-11-14(19)10-15(23)18(25)22-21-16(24)8-7-13-5-2-4-12-6-3-9-20-17(12)13/h2-11H,1H3,(H,21,24)(H,22,25)/b8-7+. The van der Waals surface area contributed by atoms with Crippen LogP contribution >= 0.6 is 15.9 Å². The average Bonchev–Trinajstić information content (AvgIpc) is 2.96. The Morgan fingerprint density at radius 2 is 2.00 bits per heavy atom. The SMILES string of the molecule is Cn1cc(Br)cc1C(=O)NNC(=O)/C=C/c1cccc2cccnc12. The number of hydrazine groups is 1. The topological polar surface area (TPSA) is 76.0 Å². The number of aryl methyl sites for hydroxylation is 1. The number of para-hydroxylation sites is 1. The molecule has 3 rings (SSSR count). The van der Waals surface area contributed by atoms with Crippen molar-refractivity contribution in [1.82, 2.24) is 20.4 Å². The first-order chi connectivity index (χ1) is 12.0. The molecule has 7 heteroatoms. The molecule has 1 aromatic carbocycles. The van der Waals surface area contributed by atoms with Crippen molar-refractivity contribution in [3.8, 4) is 0 Å². The Morgan fingerprint density at radius 1 is 1.20 bits per heavy atom. The highest BCUT2D eigenvalue weighted by molar-refractivity contribution is 9.10. The number of halogens is 1. The molecule has 0 bridgehead atoms. The van der Waals surface area contributed by atoms with E-state index in [0.29, 0.717) is 5.69 Å². The van der Waals surface area contributed by atoms with Crippen LogP contribution in [0.15, 0.2) is 59.3 Å². The molecular weight excluding hydrogens is 384 g/mol. The minimum atomic E-state index is -0.436. The van der Waals surface area contributed by atoms with Crippen LogP contribution in [0.1, 0.15) is 16.1 Å². The molecule has 6 nitrogen and oxygen atoms in total. The van der Waals surface area contributed by atoms with Crippen LogP contribution in [0.5, 0.6) is 0 Å². The van der Waals surface area contributed by atoms with Gasteiger partial charge in [0.05, 0.1) is 5.52 Å². The first-order valence-electron chi connectivity index (χ1n) is 7.48. The Labute approximate surface area is 152 Å². The monoisotopic (exact) mass is 398 g/mol. The van der Waals surface area contributed by atoms with Crippen LogP contribution < -0.4 is 10.9 Å². The van der Waals surface area contributed by atoms with E-state index in [1.54, 1.807) is 36.2 Å². The summed E-state index contributed by atoms with van der Waals surface area (Å²) in [6, 6.07) is 11.2. The third-order valence-corrected chi connectivity index (χ3v) is 4.02. The van der Waals surface area contributed by atoms with Crippen LogP contribution in [0.4, 0.5) is 0 Å². The van der Waals surface area contributed by atoms with E-state index in [4.69, 9.17) is 0 Å². The molecule has 0 aliphatic heterocycles. The highest BCUT2D eigenvalue weighted by Crippen LogP contribution is 2.17. The van der Waals surface area contributed by atoms with Crippen molar-refractivity contribution in [1.29, 1.82) is 0 Å². The van der Waals surface area contributed by atoms with Crippen molar-refractivity contribution in [2.45, 2.75) is 0 Å². The summed E-state index contributed by atoms with van der Waals surface area (Å²) in [5.41, 5.74) is 6.80. The Bertz CT molecular complexity index is 973. The number of pyridine rings is 1. The van der Waals surface area contributed by atoms with E-state index in [0.717, 1.165) is 20.9 Å². The second-order valence-electron chi connectivity index (χ2n) is 5.35. The van der Waals surface area contributed by atoms with Crippen molar-refractivity contribution in [3.63, 3.8) is 0 Å². The van der Waals surface area contributed by atoms with Crippen LogP contribution in [0.25, 0.3) is 17.0 Å². The van der Waals surface area contributed by atoms with Crippen molar-refractivity contribution in [2.75, 3.05) is 0 Å². The summed E-state index contributed by atoms with van der Waals surface area (Å²) in [6.07, 6.45) is 6.47. The van der Waals surface area contributed by atoms with Crippen LogP contribution in [0, 0.1) is 0 Å². The van der Waals surface area contributed by atoms with Crippen molar-refractivity contribution >= 4 is 44.7 Å². The zero-order chi connectivity index (χ0) is 17.8. The van der Waals surface area contributed by atoms with Crippen LogP contribution in [-0.4, -0.2) is 21.4 Å². The summed E-state index contributed by atoms with van der Waals surface area (Å²) in [7, 11) is 1.74. The smallest absolute Gasteiger partial charge is 0.286 e. The van der Waals surface area contributed by atoms with Gasteiger partial charge in [0.25, 0.3) is 11.8 Å². The predicted molar refractivity (Wildman–Crippen MR) is 99.5 cm³/mol. The Morgan fingerprint density at radius 3 is 2.76 bits per heavy atom. The van der Waals surface area contributed by atoms with Gasteiger partial charge in [-0.15, -0.1) is 0 Å². The molecule has 126 valence electrons. The van der Waals surface area contributed by atoms with Gasteiger partial charge in [-0.1, -0.05) is 24.3 Å². The summed E-state index contributed by atoms with van der Waals surface area (Å²) in [5, 5.41) is 0.993. The van der Waals surface area contributed by atoms with Gasteiger partial charge < -0.3 is 4.57 Å². The molecule has 3 aromatic rings. The lowest BCUT2D eigenvalue weighted by atomic mass is 10.1. The fourth-order valence-electron chi connectivity index (χ4n) is 2.40. The molecular formula is C18H15BrN4O2. The zero-order valence-electron chi connectivity index (χ0n) is 13.4. The van der Waals surface area contributed by atoms with Crippen molar-refractivity contribution < 1.29 is 9.59 Å². The zero-order valence-corrected chi connectivity index (χ0v) is 14.9. The molecule has 0 radical (unpaired) electrons. The van der Waals surface area contributed by atoms with Crippen molar-refractivity contribution in [3.05, 3.63) is 70.6 Å². The highest BCUT2D eigenvalue weighted by atomic mass is 79.9. The number of nitrogens with one attached hydrogen (secondary N) is 2. The number of amides is 2. The molecule has 2 heterocycles. The number of hydrogen-bond acceptors (Lipinski definition) is 3. The molecule has 0 aliphatic rings. The Hall–Kier alpha value is -2.93. The number of carbonyl (C=O) groups excluding carboxylic acids is 2. The molecule has 0 spiro atoms. The summed E-state index contributed by atoms with van der Waals surface area (Å²) in [6.45, 7) is 0. The number of nitrogens with zero attached hydrogens (tertiary/aromatic N) is 2. The number of aromatic nitrogens is 2. The average molecular weight is 399 g/mol. The lowest BCUT2D eigenvalue weighted by molar-refractivity contribution is -0.117. The van der Waals surface area contributed by atoms with Gasteiger partial charge in [0.1, 0.15) is 5.69 Å². The summed E-state index contributed by atoms with van der Waals surface area (Å²) in [5.74, 6) is -0.837. The quantitative estimate of drug-likeness (QED) is 0.526. The van der Waals surface area contributed by atoms with E-state index in [1.807, 2.05) is 30.3 Å². The fourth-order valence-corrected chi connectivity index (χ4v) is 2.93. The molecule has 0 fully saturated rings. The van der Waals surface area contributed by atoms with Gasteiger partial charge in [-0.2, -0.15) is 0 Å². The van der Waals surface area contributed by atoms with Gasteiger partial charge in [0, 0.05) is 40.9 Å². The number of carbonyl (C=O) groups is 2. The Balaban J connectivity index is 1.65. The maximum absolute atomic E-state index is 12.0. The van der Waals surface area contributed by atoms with E-state index in [9.17, 15) is 9.59 Å². The number of hydrogen-bond donors (Lipinski definition) is 2. The summed E-state index contributed by atoms with van der Waals surface area (Å²) < 4.78 is 2.44. The molecule has 0 unspecified atom stereocenters. The molecule has 0 aliphatic carbocycles. The maximum Gasteiger partial charge on any atom is 0.286 e. The lowest BCUT2D eigenvalue weighted by Crippen LogP contribution is -2.41. The molecule has 0 atom stereocenters. The second-order valence-corrected chi connectivity index (χ2v) is 6.27. The third-order valence-electron chi connectivity index (χ3n) is 3.58. The lowest BCUT2D eigenvalue weighted by Gasteiger charge is -2.06. The third kappa shape index (κ3) is 3.95. The van der Waals surface area contributed by atoms with Gasteiger partial charge >= 0.3 is 0 Å². The molecule has 2 N–H and O–H groups in total. The molecule has 0 saturated carbocycles. The molecule has 0 saturated heterocycles. The van der Waals surface area contributed by atoms with Crippen LogP contribution in [-0.2, 0) is 11.8 Å². The van der Waals surface area contributed by atoms with Crippen LogP contribution in [0.2, 0.25) is 0 Å². The molecule has 25 heavy (non-hydrogen) atoms. The normalized spacial score (nSPS) is 11.0. The van der Waals surface area contributed by atoms with Gasteiger partial charge in [0.15, 0.2) is 0 Å². The number of rotatable bonds is 3. The second kappa shape index (κ2) is 7.31. The summed E-state index contributed by atoms with van der Waals surface area (Å²) in [4.78, 5) is 28.3. The maximum atomic E-state index is 12.0. The minimum Gasteiger partial charge on any atom is -0.345 e. The number of fused-ring (bicyclic) bond motifs is 1. The van der Waals surface area contributed by atoms with E-state index in [1.165, 1.54) is 6.08 Å². The van der Waals surface area contributed by atoms with E-state index in [-0.39, 0.29) is 0 Å². The first kappa shape index (κ1) is 16.9. The molecule has 2 aromatic heterocycles. The van der Waals surface area contributed by atoms with Crippen LogP contribution in [0.3, 0.4) is 0 Å². The van der Waals surface area contributed by atoms with E-state index in [2.05, 4.69) is 31.8 Å². The van der Waals surface area contributed by atoms with Gasteiger partial charge in [0.2, 0.25) is 0 Å². The van der Waals surface area contributed by atoms with Crippen molar-refractivity contribution in [2.24, 2.45) is 7.05 Å². The predicted octanol–water partition coefficient (Wildman–Crippen LogP) is 2.81. The minimum absolute atomic E-state index is 0.401. The first-order valence-corrected chi connectivity index (χ1v) is 8.28.